The molecule has 3 rings (SSSR count). The molecule has 1 fully saturated rings. The minimum absolute atomic E-state index is 0.0194. The summed E-state index contributed by atoms with van der Waals surface area (Å²) in [6.45, 7) is 1.58. The third kappa shape index (κ3) is 2.57. The van der Waals surface area contributed by atoms with Gasteiger partial charge in [-0.3, -0.25) is 14.9 Å². The van der Waals surface area contributed by atoms with Crippen molar-refractivity contribution in [2.45, 2.75) is 25.3 Å². The third-order valence-corrected chi connectivity index (χ3v) is 3.91. The molecule has 2 aromatic rings. The Balaban J connectivity index is 1.89. The standard InChI is InChI=1S/C14H13N5O5/c1-8-11(12(20)15-14(5-6-14)13(21)22)16-17-18(8)9-3-2-4-10(7-9)19(23)24/h2-4,7H,5-6H2,1H3,(H,15,20)(H,21,22). The molecule has 0 spiro atoms. The Kier molecular flexibility index (Phi) is 3.51. The van der Waals surface area contributed by atoms with Crippen molar-refractivity contribution in [1.82, 2.24) is 20.3 Å². The molecule has 24 heavy (non-hydrogen) atoms. The van der Waals surface area contributed by atoms with Crippen molar-refractivity contribution >= 4 is 17.6 Å². The lowest BCUT2D eigenvalue weighted by molar-refractivity contribution is -0.384. The molecule has 0 radical (unpaired) electrons. The lowest BCUT2D eigenvalue weighted by Crippen LogP contribution is -2.43. The zero-order chi connectivity index (χ0) is 17.5. The summed E-state index contributed by atoms with van der Waals surface area (Å²) in [4.78, 5) is 33.7. The van der Waals surface area contributed by atoms with Gasteiger partial charge in [-0.05, 0) is 25.8 Å². The number of amides is 1. The van der Waals surface area contributed by atoms with Crippen LogP contribution in [-0.4, -0.2) is 42.4 Å². The van der Waals surface area contributed by atoms with Crippen molar-refractivity contribution in [3.63, 3.8) is 0 Å². The van der Waals surface area contributed by atoms with Crippen LogP contribution in [0, 0.1) is 17.0 Å². The van der Waals surface area contributed by atoms with Crippen molar-refractivity contribution in [2.24, 2.45) is 0 Å². The van der Waals surface area contributed by atoms with E-state index in [1.54, 1.807) is 13.0 Å². The van der Waals surface area contributed by atoms with E-state index in [0.717, 1.165) is 0 Å². The molecule has 1 amide bonds. The fourth-order valence-electron chi connectivity index (χ4n) is 2.32. The van der Waals surface area contributed by atoms with Gasteiger partial charge in [-0.15, -0.1) is 5.10 Å². The lowest BCUT2D eigenvalue weighted by Gasteiger charge is -2.11. The minimum atomic E-state index is -1.22. The van der Waals surface area contributed by atoms with Crippen molar-refractivity contribution in [2.75, 3.05) is 0 Å². The van der Waals surface area contributed by atoms with Crippen LogP contribution in [-0.2, 0) is 4.79 Å². The molecular formula is C14H13N5O5. The first-order chi connectivity index (χ1) is 11.3. The van der Waals surface area contributed by atoms with E-state index in [-0.39, 0.29) is 11.4 Å². The number of carboxylic acids is 1. The van der Waals surface area contributed by atoms with Crippen molar-refractivity contribution in [1.29, 1.82) is 0 Å². The van der Waals surface area contributed by atoms with Gasteiger partial charge in [0.25, 0.3) is 11.6 Å². The van der Waals surface area contributed by atoms with E-state index in [1.165, 1.54) is 22.9 Å². The Bertz CT molecular complexity index is 855. The first-order valence-corrected chi connectivity index (χ1v) is 7.07. The number of hydrogen-bond donors (Lipinski definition) is 2. The number of benzene rings is 1. The quantitative estimate of drug-likeness (QED) is 0.610. The van der Waals surface area contributed by atoms with Crippen LogP contribution in [0.5, 0.6) is 0 Å². The van der Waals surface area contributed by atoms with E-state index >= 15 is 0 Å². The number of rotatable bonds is 5. The summed E-state index contributed by atoms with van der Waals surface area (Å²) in [6.07, 6.45) is 0.734. The van der Waals surface area contributed by atoms with E-state index in [2.05, 4.69) is 15.6 Å². The van der Waals surface area contributed by atoms with Crippen molar-refractivity contribution in [3.8, 4) is 5.69 Å². The fraction of sp³-hybridized carbons (Fsp3) is 0.286. The van der Waals surface area contributed by atoms with Crippen LogP contribution >= 0.6 is 0 Å². The highest BCUT2D eigenvalue weighted by Crippen LogP contribution is 2.35. The van der Waals surface area contributed by atoms with Gasteiger partial charge in [0.15, 0.2) is 5.69 Å². The number of carbonyl (C=O) groups excluding carboxylic acids is 1. The maximum Gasteiger partial charge on any atom is 0.329 e. The largest absolute Gasteiger partial charge is 0.480 e. The van der Waals surface area contributed by atoms with E-state index in [0.29, 0.717) is 24.2 Å². The minimum Gasteiger partial charge on any atom is -0.480 e. The predicted molar refractivity (Wildman–Crippen MR) is 79.8 cm³/mol. The highest BCUT2D eigenvalue weighted by atomic mass is 16.6. The summed E-state index contributed by atoms with van der Waals surface area (Å²) in [5.74, 6) is -1.72. The highest BCUT2D eigenvalue weighted by molar-refractivity contribution is 5.98. The number of aromatic nitrogens is 3. The van der Waals surface area contributed by atoms with E-state index in [4.69, 9.17) is 5.11 Å². The van der Waals surface area contributed by atoms with Gasteiger partial charge in [-0.2, -0.15) is 0 Å². The van der Waals surface area contributed by atoms with Crippen LogP contribution in [0.3, 0.4) is 0 Å². The summed E-state index contributed by atoms with van der Waals surface area (Å²) in [5.41, 5.74) is -0.620. The number of nitrogens with one attached hydrogen (secondary N) is 1. The molecule has 1 aromatic heterocycles. The Labute approximate surface area is 135 Å². The van der Waals surface area contributed by atoms with Gasteiger partial charge in [-0.25, -0.2) is 9.48 Å². The molecular weight excluding hydrogens is 318 g/mol. The molecule has 1 saturated carbocycles. The van der Waals surface area contributed by atoms with Crippen LogP contribution in [0.1, 0.15) is 29.0 Å². The smallest absolute Gasteiger partial charge is 0.329 e. The molecule has 1 heterocycles. The van der Waals surface area contributed by atoms with Crippen molar-refractivity contribution in [3.05, 3.63) is 45.8 Å². The van der Waals surface area contributed by atoms with Crippen LogP contribution in [0.2, 0.25) is 0 Å². The summed E-state index contributed by atoms with van der Waals surface area (Å²) in [5, 5.41) is 30.0. The van der Waals surface area contributed by atoms with Gasteiger partial charge >= 0.3 is 5.97 Å². The third-order valence-electron chi connectivity index (χ3n) is 3.91. The van der Waals surface area contributed by atoms with Gasteiger partial charge in [0, 0.05) is 12.1 Å². The maximum atomic E-state index is 12.2. The van der Waals surface area contributed by atoms with Gasteiger partial charge < -0.3 is 10.4 Å². The lowest BCUT2D eigenvalue weighted by atomic mass is 10.2. The second-order valence-corrected chi connectivity index (χ2v) is 5.55. The summed E-state index contributed by atoms with van der Waals surface area (Å²) >= 11 is 0. The Morgan fingerprint density at radius 1 is 1.42 bits per heavy atom. The number of hydrogen-bond acceptors (Lipinski definition) is 6. The summed E-state index contributed by atoms with van der Waals surface area (Å²) in [6, 6.07) is 5.74. The molecule has 1 aliphatic rings. The fourth-order valence-corrected chi connectivity index (χ4v) is 2.32. The number of non-ortho nitro benzene ring substituents is 1. The van der Waals surface area contributed by atoms with Crippen LogP contribution in [0.25, 0.3) is 5.69 Å². The second-order valence-electron chi connectivity index (χ2n) is 5.55. The van der Waals surface area contributed by atoms with Crippen LogP contribution in [0.15, 0.2) is 24.3 Å². The molecule has 0 atom stereocenters. The number of carbonyl (C=O) groups is 2. The number of nitro groups is 1. The monoisotopic (exact) mass is 331 g/mol. The van der Waals surface area contributed by atoms with Gasteiger partial charge in [-0.1, -0.05) is 11.3 Å². The Morgan fingerprint density at radius 3 is 2.71 bits per heavy atom. The summed E-state index contributed by atoms with van der Waals surface area (Å²) in [7, 11) is 0. The van der Waals surface area contributed by atoms with Gasteiger partial charge in [0.1, 0.15) is 5.54 Å². The van der Waals surface area contributed by atoms with Crippen LogP contribution < -0.4 is 5.32 Å². The molecule has 10 heteroatoms. The van der Waals surface area contributed by atoms with E-state index in [9.17, 15) is 19.7 Å². The average molecular weight is 331 g/mol. The number of nitro benzene ring substituents is 1. The van der Waals surface area contributed by atoms with E-state index in [1.807, 2.05) is 0 Å². The first-order valence-electron chi connectivity index (χ1n) is 7.07. The number of carboxylic acid groups (broad SMARTS) is 1. The molecule has 0 bridgehead atoms. The molecule has 0 saturated heterocycles. The normalized spacial score (nSPS) is 14.9. The average Bonchev–Trinajstić information content (AvgIpc) is 3.22. The molecule has 10 nitrogen and oxygen atoms in total. The number of nitrogens with zero attached hydrogens (tertiary/aromatic N) is 4. The molecule has 124 valence electrons. The SMILES string of the molecule is Cc1c(C(=O)NC2(C(=O)O)CC2)nnn1-c1cccc([N+](=O)[O-])c1. The second kappa shape index (κ2) is 5.41. The van der Waals surface area contributed by atoms with Crippen LogP contribution in [0.4, 0.5) is 5.69 Å². The topological polar surface area (TPSA) is 140 Å². The van der Waals surface area contributed by atoms with Gasteiger partial charge in [0.2, 0.25) is 0 Å². The zero-order valence-electron chi connectivity index (χ0n) is 12.6. The number of aliphatic carboxylic acids is 1. The molecule has 0 aliphatic heterocycles. The molecule has 0 unspecified atom stereocenters. The summed E-state index contributed by atoms with van der Waals surface area (Å²) < 4.78 is 1.29. The van der Waals surface area contributed by atoms with Gasteiger partial charge in [0.05, 0.1) is 16.3 Å². The van der Waals surface area contributed by atoms with E-state index < -0.39 is 22.3 Å². The maximum absolute atomic E-state index is 12.2. The molecule has 1 aliphatic carbocycles. The zero-order valence-corrected chi connectivity index (χ0v) is 12.6. The highest BCUT2D eigenvalue weighted by Gasteiger charge is 2.52. The van der Waals surface area contributed by atoms with Crippen molar-refractivity contribution < 1.29 is 19.6 Å². The predicted octanol–water partition coefficient (Wildman–Crippen LogP) is 0.831. The Hall–Kier alpha value is -3.30. The Morgan fingerprint density at radius 2 is 2.12 bits per heavy atom. The molecule has 2 N–H and O–H groups in total. The molecule has 1 aromatic carbocycles. The first kappa shape index (κ1) is 15.6.